The molecule has 2 aliphatic rings. The Hall–Kier alpha value is -0.850. The van der Waals surface area contributed by atoms with Gasteiger partial charge in [-0.05, 0) is 26.9 Å². The first-order chi connectivity index (χ1) is 9.97. The Morgan fingerprint density at radius 3 is 2.43 bits per heavy atom. The molecule has 0 radical (unpaired) electrons. The van der Waals surface area contributed by atoms with Crippen molar-refractivity contribution in [3.8, 4) is 0 Å². The first-order valence-corrected chi connectivity index (χ1v) is 8.05. The summed E-state index contributed by atoms with van der Waals surface area (Å²) in [5.74, 6) is 0. The zero-order valence-electron chi connectivity index (χ0n) is 14.0. The molecule has 1 atom stereocenters. The summed E-state index contributed by atoms with van der Waals surface area (Å²) in [6.07, 6.45) is 2.12. The number of rotatable bonds is 3. The van der Waals surface area contributed by atoms with Gasteiger partial charge in [0.15, 0.2) is 0 Å². The highest BCUT2D eigenvalue weighted by Crippen LogP contribution is 2.12. The van der Waals surface area contributed by atoms with E-state index in [1.54, 1.807) is 4.90 Å². The summed E-state index contributed by atoms with van der Waals surface area (Å²) in [7, 11) is 8.06. The van der Waals surface area contributed by atoms with Gasteiger partial charge in [0, 0.05) is 65.4 Å². The van der Waals surface area contributed by atoms with Gasteiger partial charge < -0.3 is 20.0 Å². The molecule has 2 amide bonds. The monoisotopic (exact) mass is 297 g/mol. The summed E-state index contributed by atoms with van der Waals surface area (Å²) in [6, 6.07) is 1.30. The van der Waals surface area contributed by atoms with Crippen LogP contribution in [0.5, 0.6) is 0 Å². The third kappa shape index (κ3) is 4.56. The number of piperidine rings is 1. The summed E-state index contributed by atoms with van der Waals surface area (Å²) >= 11 is 0. The molecular weight excluding hydrogens is 266 g/mol. The van der Waals surface area contributed by atoms with Crippen molar-refractivity contribution in [1.82, 2.24) is 24.9 Å². The van der Waals surface area contributed by atoms with E-state index in [2.05, 4.69) is 29.2 Å². The second kappa shape index (κ2) is 7.42. The predicted octanol–water partition coefficient (Wildman–Crippen LogP) is -0.0322. The Bertz CT molecular complexity index is 341. The molecule has 0 aromatic rings. The lowest BCUT2D eigenvalue weighted by Crippen LogP contribution is -2.56. The smallest absolute Gasteiger partial charge is 0.319 e. The van der Waals surface area contributed by atoms with Crippen LogP contribution >= 0.6 is 0 Å². The molecule has 2 heterocycles. The van der Waals surface area contributed by atoms with Gasteiger partial charge in [-0.1, -0.05) is 0 Å². The average Bonchev–Trinajstić information content (AvgIpc) is 2.48. The van der Waals surface area contributed by atoms with Crippen molar-refractivity contribution in [3.05, 3.63) is 0 Å². The van der Waals surface area contributed by atoms with Crippen LogP contribution in [0.4, 0.5) is 4.79 Å². The molecule has 6 heteroatoms. The molecule has 6 nitrogen and oxygen atoms in total. The summed E-state index contributed by atoms with van der Waals surface area (Å²) in [5, 5.41) is 3.71. The SMILES string of the molecule is CN1CCN(C)C(CNC2CCN(C(=O)N(C)C)CC2)C1. The zero-order valence-corrected chi connectivity index (χ0v) is 14.0. The Morgan fingerprint density at radius 2 is 1.81 bits per heavy atom. The lowest BCUT2D eigenvalue weighted by atomic mass is 10.0. The number of piperazine rings is 1. The van der Waals surface area contributed by atoms with Crippen molar-refractivity contribution >= 4 is 6.03 Å². The van der Waals surface area contributed by atoms with Crippen LogP contribution < -0.4 is 5.32 Å². The molecule has 1 N–H and O–H groups in total. The second-order valence-corrected chi connectivity index (χ2v) is 6.74. The zero-order chi connectivity index (χ0) is 15.4. The van der Waals surface area contributed by atoms with E-state index in [0.29, 0.717) is 12.1 Å². The number of carbonyl (C=O) groups is 1. The van der Waals surface area contributed by atoms with E-state index in [1.807, 2.05) is 19.0 Å². The summed E-state index contributed by atoms with van der Waals surface area (Å²) < 4.78 is 0. The normalized spacial score (nSPS) is 26.1. The van der Waals surface area contributed by atoms with E-state index in [0.717, 1.165) is 52.1 Å². The lowest BCUT2D eigenvalue weighted by Gasteiger charge is -2.39. The molecule has 0 aliphatic carbocycles. The molecule has 0 spiro atoms. The van der Waals surface area contributed by atoms with Gasteiger partial charge in [-0.15, -0.1) is 0 Å². The maximum atomic E-state index is 11.9. The number of likely N-dealkylation sites (tertiary alicyclic amines) is 1. The first kappa shape index (κ1) is 16.5. The summed E-state index contributed by atoms with van der Waals surface area (Å²) in [6.45, 7) is 6.25. The van der Waals surface area contributed by atoms with Crippen molar-refractivity contribution in [1.29, 1.82) is 0 Å². The number of carbonyl (C=O) groups excluding carboxylic acids is 1. The second-order valence-electron chi connectivity index (χ2n) is 6.74. The topological polar surface area (TPSA) is 42.1 Å². The Labute approximate surface area is 129 Å². The van der Waals surface area contributed by atoms with Crippen LogP contribution in [-0.2, 0) is 0 Å². The standard InChI is InChI=1S/C15H31N5O/c1-17(2)15(21)20-7-5-13(6-8-20)16-11-14-12-18(3)9-10-19(14)4/h13-14,16H,5-12H2,1-4H3. The van der Waals surface area contributed by atoms with Gasteiger partial charge in [0.1, 0.15) is 0 Å². The first-order valence-electron chi connectivity index (χ1n) is 8.05. The largest absolute Gasteiger partial charge is 0.331 e. The number of likely N-dealkylation sites (N-methyl/N-ethyl adjacent to an activating group) is 2. The van der Waals surface area contributed by atoms with E-state index < -0.39 is 0 Å². The minimum atomic E-state index is 0.141. The predicted molar refractivity (Wildman–Crippen MR) is 85.6 cm³/mol. The molecule has 122 valence electrons. The van der Waals surface area contributed by atoms with Gasteiger partial charge in [0.25, 0.3) is 0 Å². The number of nitrogens with one attached hydrogen (secondary N) is 1. The van der Waals surface area contributed by atoms with E-state index in [-0.39, 0.29) is 6.03 Å². The molecule has 2 fully saturated rings. The highest BCUT2D eigenvalue weighted by atomic mass is 16.2. The highest BCUT2D eigenvalue weighted by molar-refractivity contribution is 5.73. The molecule has 2 saturated heterocycles. The fourth-order valence-corrected chi connectivity index (χ4v) is 3.18. The van der Waals surface area contributed by atoms with Crippen molar-refractivity contribution in [2.75, 3.05) is 67.5 Å². The van der Waals surface area contributed by atoms with Crippen LogP contribution in [-0.4, -0.2) is 105 Å². The Morgan fingerprint density at radius 1 is 1.14 bits per heavy atom. The molecule has 2 aliphatic heterocycles. The van der Waals surface area contributed by atoms with Crippen LogP contribution in [0.15, 0.2) is 0 Å². The van der Waals surface area contributed by atoms with Gasteiger partial charge >= 0.3 is 6.03 Å². The van der Waals surface area contributed by atoms with Crippen LogP contribution in [0.25, 0.3) is 0 Å². The minimum Gasteiger partial charge on any atom is -0.331 e. The van der Waals surface area contributed by atoms with E-state index in [4.69, 9.17) is 0 Å². The Balaban J connectivity index is 1.70. The molecule has 0 saturated carbocycles. The molecule has 21 heavy (non-hydrogen) atoms. The number of amides is 2. The minimum absolute atomic E-state index is 0.141. The third-order valence-electron chi connectivity index (χ3n) is 4.77. The Kier molecular flexibility index (Phi) is 5.84. The maximum Gasteiger partial charge on any atom is 0.319 e. The number of nitrogens with zero attached hydrogens (tertiary/aromatic N) is 4. The highest BCUT2D eigenvalue weighted by Gasteiger charge is 2.26. The average molecular weight is 297 g/mol. The quantitative estimate of drug-likeness (QED) is 0.794. The molecular formula is C15H31N5O. The van der Waals surface area contributed by atoms with E-state index in [9.17, 15) is 4.79 Å². The van der Waals surface area contributed by atoms with Gasteiger partial charge in [-0.2, -0.15) is 0 Å². The fraction of sp³-hybridized carbons (Fsp3) is 0.933. The van der Waals surface area contributed by atoms with Gasteiger partial charge in [0.05, 0.1) is 0 Å². The molecule has 0 bridgehead atoms. The van der Waals surface area contributed by atoms with Crippen molar-refractivity contribution in [2.45, 2.75) is 24.9 Å². The van der Waals surface area contributed by atoms with Crippen LogP contribution in [0.2, 0.25) is 0 Å². The van der Waals surface area contributed by atoms with Gasteiger partial charge in [-0.25, -0.2) is 4.79 Å². The number of hydrogen-bond donors (Lipinski definition) is 1. The van der Waals surface area contributed by atoms with Crippen molar-refractivity contribution in [3.63, 3.8) is 0 Å². The van der Waals surface area contributed by atoms with Gasteiger partial charge in [0.2, 0.25) is 0 Å². The molecule has 0 aromatic carbocycles. The number of hydrogen-bond acceptors (Lipinski definition) is 4. The van der Waals surface area contributed by atoms with Crippen LogP contribution in [0, 0.1) is 0 Å². The fourth-order valence-electron chi connectivity index (χ4n) is 3.18. The van der Waals surface area contributed by atoms with E-state index in [1.165, 1.54) is 0 Å². The van der Waals surface area contributed by atoms with Crippen LogP contribution in [0.1, 0.15) is 12.8 Å². The van der Waals surface area contributed by atoms with Gasteiger partial charge in [-0.3, -0.25) is 4.90 Å². The van der Waals surface area contributed by atoms with Crippen molar-refractivity contribution in [2.24, 2.45) is 0 Å². The summed E-state index contributed by atoms with van der Waals surface area (Å²) in [4.78, 5) is 20.4. The lowest BCUT2D eigenvalue weighted by molar-refractivity contribution is 0.107. The van der Waals surface area contributed by atoms with Crippen molar-refractivity contribution < 1.29 is 4.79 Å². The molecule has 2 rings (SSSR count). The number of urea groups is 1. The molecule has 0 aromatic heterocycles. The summed E-state index contributed by atoms with van der Waals surface area (Å²) in [5.41, 5.74) is 0. The van der Waals surface area contributed by atoms with E-state index >= 15 is 0 Å². The molecule has 1 unspecified atom stereocenters. The van der Waals surface area contributed by atoms with Crippen LogP contribution in [0.3, 0.4) is 0 Å². The maximum absolute atomic E-state index is 11.9. The third-order valence-corrected chi connectivity index (χ3v) is 4.77.